The first-order valence-corrected chi connectivity index (χ1v) is 7.03. The quantitative estimate of drug-likeness (QED) is 0.610. The monoisotopic (exact) mass is 262 g/mol. The zero-order chi connectivity index (χ0) is 13.8. The van der Waals surface area contributed by atoms with Crippen LogP contribution in [0.4, 0.5) is 0 Å². The highest BCUT2D eigenvalue weighted by atomic mass is 17.2. The van der Waals surface area contributed by atoms with Gasteiger partial charge in [0.1, 0.15) is 6.10 Å². The molecule has 0 spiro atoms. The minimum Gasteiger partial charge on any atom is -0.293 e. The fourth-order valence-electron chi connectivity index (χ4n) is 2.62. The summed E-state index contributed by atoms with van der Waals surface area (Å²) in [5.41, 5.74) is 2.63. The molecule has 0 amide bonds. The van der Waals surface area contributed by atoms with E-state index in [0.29, 0.717) is 11.5 Å². The number of hydrogen-bond acceptors (Lipinski definition) is 3. The highest BCUT2D eigenvalue weighted by Crippen LogP contribution is 2.26. The lowest BCUT2D eigenvalue weighted by Crippen LogP contribution is -2.27. The summed E-state index contributed by atoms with van der Waals surface area (Å²) >= 11 is 0. The largest absolute Gasteiger partial charge is 0.373 e. The molecule has 104 valence electrons. The van der Waals surface area contributed by atoms with Gasteiger partial charge in [0.2, 0.25) is 0 Å². The molecule has 0 heterocycles. The summed E-state index contributed by atoms with van der Waals surface area (Å²) in [4.78, 5) is 22.3. The van der Waals surface area contributed by atoms with E-state index in [1.807, 2.05) is 26.0 Å². The molecule has 0 aliphatic heterocycles. The Labute approximate surface area is 114 Å². The highest BCUT2D eigenvalue weighted by molar-refractivity contribution is 5.90. The Balaban J connectivity index is 1.93. The van der Waals surface area contributed by atoms with Gasteiger partial charge in [0, 0.05) is 0 Å². The van der Waals surface area contributed by atoms with Crippen molar-refractivity contribution in [3.05, 3.63) is 34.9 Å². The Morgan fingerprint density at radius 1 is 1.21 bits per heavy atom. The molecule has 1 aromatic carbocycles. The summed E-state index contributed by atoms with van der Waals surface area (Å²) in [5, 5.41) is 0. The number of carbonyl (C=O) groups excluding carboxylic acids is 1. The molecule has 3 heteroatoms. The van der Waals surface area contributed by atoms with Crippen LogP contribution in [0, 0.1) is 19.8 Å². The SMILES string of the molecule is Cc1ccc(C(=O)OOC2CCCCC2C)c(C)c1. The number of aryl methyl sites for hydroxylation is 2. The van der Waals surface area contributed by atoms with E-state index in [0.717, 1.165) is 30.4 Å². The fraction of sp³-hybridized carbons (Fsp3) is 0.562. The van der Waals surface area contributed by atoms with Crippen molar-refractivity contribution in [1.29, 1.82) is 0 Å². The van der Waals surface area contributed by atoms with Crippen molar-refractivity contribution in [2.75, 3.05) is 0 Å². The summed E-state index contributed by atoms with van der Waals surface area (Å²) in [5.74, 6) is 0.0657. The van der Waals surface area contributed by atoms with Crippen LogP contribution in [0.3, 0.4) is 0 Å². The minimum absolute atomic E-state index is 0.0449. The molecule has 1 aliphatic carbocycles. The Bertz CT molecular complexity index is 453. The second-order valence-electron chi connectivity index (χ2n) is 5.59. The van der Waals surface area contributed by atoms with E-state index in [-0.39, 0.29) is 6.10 Å². The first-order valence-electron chi connectivity index (χ1n) is 7.03. The topological polar surface area (TPSA) is 35.5 Å². The zero-order valence-electron chi connectivity index (χ0n) is 11.9. The Morgan fingerprint density at radius 3 is 2.63 bits per heavy atom. The molecule has 0 bridgehead atoms. The average molecular weight is 262 g/mol. The van der Waals surface area contributed by atoms with Crippen molar-refractivity contribution in [1.82, 2.24) is 0 Å². The number of benzene rings is 1. The van der Waals surface area contributed by atoms with E-state index >= 15 is 0 Å². The van der Waals surface area contributed by atoms with Crippen molar-refractivity contribution in [3.8, 4) is 0 Å². The molecule has 0 N–H and O–H groups in total. The van der Waals surface area contributed by atoms with Gasteiger partial charge in [-0.15, -0.1) is 0 Å². The van der Waals surface area contributed by atoms with Crippen molar-refractivity contribution in [2.45, 2.75) is 52.6 Å². The van der Waals surface area contributed by atoms with Crippen LogP contribution in [0.25, 0.3) is 0 Å². The fourth-order valence-corrected chi connectivity index (χ4v) is 2.62. The van der Waals surface area contributed by atoms with Crippen LogP contribution < -0.4 is 0 Å². The number of carbonyl (C=O) groups is 1. The second-order valence-corrected chi connectivity index (χ2v) is 5.59. The molecule has 0 saturated heterocycles. The van der Waals surface area contributed by atoms with E-state index in [1.165, 1.54) is 6.42 Å². The van der Waals surface area contributed by atoms with Gasteiger partial charge in [-0.3, -0.25) is 4.89 Å². The van der Waals surface area contributed by atoms with Gasteiger partial charge in [-0.1, -0.05) is 37.5 Å². The summed E-state index contributed by atoms with van der Waals surface area (Å²) in [6.07, 6.45) is 4.55. The average Bonchev–Trinajstić information content (AvgIpc) is 2.37. The maximum atomic E-state index is 12.0. The van der Waals surface area contributed by atoms with E-state index in [9.17, 15) is 4.79 Å². The molecule has 0 aromatic heterocycles. The third-order valence-corrected chi connectivity index (χ3v) is 3.88. The van der Waals surface area contributed by atoms with Crippen LogP contribution in [-0.2, 0) is 9.78 Å². The van der Waals surface area contributed by atoms with Crippen LogP contribution >= 0.6 is 0 Å². The van der Waals surface area contributed by atoms with Gasteiger partial charge in [-0.2, -0.15) is 4.89 Å². The van der Waals surface area contributed by atoms with Crippen molar-refractivity contribution >= 4 is 5.97 Å². The van der Waals surface area contributed by atoms with Gasteiger partial charge in [0.15, 0.2) is 0 Å². The normalized spacial score (nSPS) is 23.1. The summed E-state index contributed by atoms with van der Waals surface area (Å²) < 4.78 is 0. The maximum absolute atomic E-state index is 12.0. The molecule has 2 unspecified atom stereocenters. The van der Waals surface area contributed by atoms with Crippen molar-refractivity contribution < 1.29 is 14.6 Å². The molecule has 19 heavy (non-hydrogen) atoms. The van der Waals surface area contributed by atoms with Crippen molar-refractivity contribution in [2.24, 2.45) is 5.92 Å². The summed E-state index contributed by atoms with van der Waals surface area (Å²) in [6, 6.07) is 5.67. The third-order valence-electron chi connectivity index (χ3n) is 3.88. The minimum atomic E-state index is -0.393. The first kappa shape index (κ1) is 14.1. The van der Waals surface area contributed by atoms with Crippen LogP contribution in [0.5, 0.6) is 0 Å². The highest BCUT2D eigenvalue weighted by Gasteiger charge is 2.24. The predicted octanol–water partition coefficient (Wildman–Crippen LogP) is 3.97. The lowest BCUT2D eigenvalue weighted by atomic mass is 9.88. The van der Waals surface area contributed by atoms with E-state index in [2.05, 4.69) is 6.92 Å². The molecule has 1 saturated carbocycles. The third kappa shape index (κ3) is 3.57. The molecule has 1 aromatic rings. The van der Waals surface area contributed by atoms with Crippen LogP contribution in [-0.4, -0.2) is 12.1 Å². The van der Waals surface area contributed by atoms with E-state index in [1.54, 1.807) is 6.07 Å². The van der Waals surface area contributed by atoms with E-state index < -0.39 is 5.97 Å². The van der Waals surface area contributed by atoms with Crippen LogP contribution in [0.15, 0.2) is 18.2 Å². The molecule has 3 nitrogen and oxygen atoms in total. The number of hydrogen-bond donors (Lipinski definition) is 0. The molecular formula is C16H22O3. The van der Waals surface area contributed by atoms with E-state index in [4.69, 9.17) is 9.78 Å². The second kappa shape index (κ2) is 6.20. The molecule has 1 fully saturated rings. The lowest BCUT2D eigenvalue weighted by molar-refractivity contribution is -0.289. The summed E-state index contributed by atoms with van der Waals surface area (Å²) in [6.45, 7) is 6.06. The predicted molar refractivity (Wildman–Crippen MR) is 73.8 cm³/mol. The van der Waals surface area contributed by atoms with Crippen LogP contribution in [0.2, 0.25) is 0 Å². The maximum Gasteiger partial charge on any atom is 0.373 e. The molecular weight excluding hydrogens is 240 g/mol. The lowest BCUT2D eigenvalue weighted by Gasteiger charge is -2.26. The van der Waals surface area contributed by atoms with Gasteiger partial charge < -0.3 is 0 Å². The van der Waals surface area contributed by atoms with Gasteiger partial charge in [-0.25, -0.2) is 4.79 Å². The van der Waals surface area contributed by atoms with Gasteiger partial charge in [0.25, 0.3) is 0 Å². The zero-order valence-corrected chi connectivity index (χ0v) is 11.9. The van der Waals surface area contributed by atoms with Gasteiger partial charge >= 0.3 is 5.97 Å². The molecule has 2 rings (SSSR count). The van der Waals surface area contributed by atoms with Crippen molar-refractivity contribution in [3.63, 3.8) is 0 Å². The Hall–Kier alpha value is -1.35. The molecule has 0 radical (unpaired) electrons. The smallest absolute Gasteiger partial charge is 0.293 e. The Kier molecular flexibility index (Phi) is 4.59. The first-order chi connectivity index (χ1) is 9.08. The van der Waals surface area contributed by atoms with Gasteiger partial charge in [-0.05, 0) is 44.2 Å². The van der Waals surface area contributed by atoms with Crippen LogP contribution in [0.1, 0.15) is 54.1 Å². The number of rotatable bonds is 3. The molecule has 1 aliphatic rings. The molecule has 2 atom stereocenters. The Morgan fingerprint density at radius 2 is 1.95 bits per heavy atom. The summed E-state index contributed by atoms with van der Waals surface area (Å²) in [7, 11) is 0. The van der Waals surface area contributed by atoms with Gasteiger partial charge in [0.05, 0.1) is 5.56 Å². The standard InChI is InChI=1S/C16H22O3/c1-11-8-9-14(13(3)10-11)16(17)19-18-15-7-5-4-6-12(15)2/h8-10,12,15H,4-7H2,1-3H3.